The maximum Gasteiger partial charge on any atom is 0.262 e. The van der Waals surface area contributed by atoms with Gasteiger partial charge in [0.05, 0.1) is 13.7 Å². The molecular formula is C25H28ClN3O4. The summed E-state index contributed by atoms with van der Waals surface area (Å²) in [7, 11) is 1.55. The minimum absolute atomic E-state index is 0.158. The third kappa shape index (κ3) is 7.97. The van der Waals surface area contributed by atoms with Crippen molar-refractivity contribution in [3.05, 3.63) is 76.9 Å². The van der Waals surface area contributed by atoms with E-state index in [1.54, 1.807) is 19.4 Å². The lowest BCUT2D eigenvalue weighted by Gasteiger charge is -2.14. The Balaban J connectivity index is 1.45. The van der Waals surface area contributed by atoms with Crippen LogP contribution in [-0.2, 0) is 11.3 Å². The van der Waals surface area contributed by atoms with E-state index < -0.39 is 0 Å². The molecule has 7 nitrogen and oxygen atoms in total. The number of carbonyl (C=O) groups excluding carboxylic acids is 1. The van der Waals surface area contributed by atoms with Gasteiger partial charge in [0.25, 0.3) is 5.91 Å². The number of carbonyl (C=O) groups is 1. The third-order valence-corrected chi connectivity index (χ3v) is 5.08. The Kier molecular flexibility index (Phi) is 9.35. The second-order valence-electron chi connectivity index (χ2n) is 7.34. The molecule has 174 valence electrons. The lowest BCUT2D eigenvalue weighted by molar-refractivity contribution is -0.118. The summed E-state index contributed by atoms with van der Waals surface area (Å²) >= 11 is 6.43. The van der Waals surface area contributed by atoms with Crippen molar-refractivity contribution in [2.45, 2.75) is 19.9 Å². The Labute approximate surface area is 199 Å². The van der Waals surface area contributed by atoms with Crippen molar-refractivity contribution in [3.63, 3.8) is 0 Å². The zero-order chi connectivity index (χ0) is 23.5. The van der Waals surface area contributed by atoms with E-state index in [1.165, 1.54) is 0 Å². The zero-order valence-electron chi connectivity index (χ0n) is 18.8. The van der Waals surface area contributed by atoms with Gasteiger partial charge < -0.3 is 24.8 Å². The highest BCUT2D eigenvalue weighted by Crippen LogP contribution is 2.33. The number of nitrogens with zero attached hydrogens (tertiary/aromatic N) is 1. The van der Waals surface area contributed by atoms with Crippen molar-refractivity contribution < 1.29 is 19.0 Å². The van der Waals surface area contributed by atoms with E-state index in [0.29, 0.717) is 41.2 Å². The third-order valence-electron chi connectivity index (χ3n) is 4.73. The van der Waals surface area contributed by atoms with Gasteiger partial charge in [-0.1, -0.05) is 35.4 Å². The highest BCUT2D eigenvalue weighted by molar-refractivity contribution is 6.31. The molecule has 0 saturated carbocycles. The first-order chi connectivity index (χ1) is 16.0. The maximum absolute atomic E-state index is 12.2. The van der Waals surface area contributed by atoms with Gasteiger partial charge in [-0.3, -0.25) is 4.79 Å². The average molecular weight is 470 g/mol. The first-order valence-corrected chi connectivity index (χ1v) is 11.0. The molecule has 0 aliphatic rings. The first kappa shape index (κ1) is 24.4. The molecule has 0 unspecified atom stereocenters. The Morgan fingerprint density at radius 2 is 1.88 bits per heavy atom. The molecule has 0 bridgehead atoms. The molecule has 0 saturated heterocycles. The van der Waals surface area contributed by atoms with Crippen LogP contribution >= 0.6 is 11.6 Å². The average Bonchev–Trinajstić information content (AvgIpc) is 2.83. The number of aromatic nitrogens is 1. The fourth-order valence-corrected chi connectivity index (χ4v) is 3.21. The highest BCUT2D eigenvalue weighted by atomic mass is 35.5. The van der Waals surface area contributed by atoms with Crippen LogP contribution in [0.2, 0.25) is 5.02 Å². The molecule has 2 N–H and O–H groups in total. The smallest absolute Gasteiger partial charge is 0.262 e. The number of anilines is 1. The molecule has 1 aromatic heterocycles. The van der Waals surface area contributed by atoms with Gasteiger partial charge in [-0.05, 0) is 49.7 Å². The van der Waals surface area contributed by atoms with E-state index >= 15 is 0 Å². The van der Waals surface area contributed by atoms with Crippen molar-refractivity contribution in [2.75, 3.05) is 32.2 Å². The summed E-state index contributed by atoms with van der Waals surface area (Å²) < 4.78 is 16.7. The monoisotopic (exact) mass is 469 g/mol. The van der Waals surface area contributed by atoms with Crippen LogP contribution in [0, 0.1) is 6.92 Å². The van der Waals surface area contributed by atoms with E-state index in [9.17, 15) is 4.79 Å². The molecule has 0 radical (unpaired) electrons. The van der Waals surface area contributed by atoms with Crippen LogP contribution < -0.4 is 24.8 Å². The van der Waals surface area contributed by atoms with Crippen LogP contribution in [0.5, 0.6) is 17.4 Å². The molecule has 0 spiro atoms. The number of halogens is 1. The first-order valence-electron chi connectivity index (χ1n) is 10.7. The molecule has 1 amide bonds. The maximum atomic E-state index is 12.2. The van der Waals surface area contributed by atoms with Crippen molar-refractivity contribution in [2.24, 2.45) is 0 Å². The summed E-state index contributed by atoms with van der Waals surface area (Å²) in [4.78, 5) is 16.3. The topological polar surface area (TPSA) is 81.7 Å². The zero-order valence-corrected chi connectivity index (χ0v) is 19.5. The largest absolute Gasteiger partial charge is 0.493 e. The van der Waals surface area contributed by atoms with Crippen LogP contribution in [0.1, 0.15) is 17.5 Å². The molecule has 0 aliphatic heterocycles. The predicted molar refractivity (Wildman–Crippen MR) is 129 cm³/mol. The van der Waals surface area contributed by atoms with Gasteiger partial charge in [-0.15, -0.1) is 0 Å². The summed E-state index contributed by atoms with van der Waals surface area (Å²) in [5, 5.41) is 6.66. The Hall–Kier alpha value is -3.29. The molecule has 0 fully saturated rings. The Morgan fingerprint density at radius 3 is 2.61 bits per heavy atom. The summed E-state index contributed by atoms with van der Waals surface area (Å²) in [5.41, 5.74) is 2.71. The van der Waals surface area contributed by atoms with Gasteiger partial charge >= 0.3 is 0 Å². The number of nitrogens with one attached hydrogen (secondary N) is 2. The van der Waals surface area contributed by atoms with Gasteiger partial charge in [0, 0.05) is 35.6 Å². The molecule has 33 heavy (non-hydrogen) atoms. The molecule has 0 atom stereocenters. The second-order valence-corrected chi connectivity index (χ2v) is 7.75. The number of methoxy groups -OCH3 is 1. The molecule has 3 rings (SSSR count). The summed E-state index contributed by atoms with van der Waals surface area (Å²) in [6, 6.07) is 16.6. The van der Waals surface area contributed by atoms with Gasteiger partial charge in [0.15, 0.2) is 18.1 Å². The summed E-state index contributed by atoms with van der Waals surface area (Å²) in [6.07, 6.45) is 2.52. The number of benzene rings is 2. The van der Waals surface area contributed by atoms with Gasteiger partial charge in [-0.25, -0.2) is 4.98 Å². The van der Waals surface area contributed by atoms with E-state index in [-0.39, 0.29) is 12.5 Å². The predicted octanol–water partition coefficient (Wildman–Crippen LogP) is 4.63. The summed E-state index contributed by atoms with van der Waals surface area (Å²) in [6.45, 7) is 3.71. The number of hydrogen-bond acceptors (Lipinski definition) is 6. The van der Waals surface area contributed by atoms with E-state index in [4.69, 9.17) is 25.8 Å². The van der Waals surface area contributed by atoms with Crippen LogP contribution in [0.4, 0.5) is 5.69 Å². The van der Waals surface area contributed by atoms with E-state index in [0.717, 1.165) is 24.1 Å². The number of amides is 1. The summed E-state index contributed by atoms with van der Waals surface area (Å²) in [5.74, 6) is 1.27. The number of hydrogen-bond donors (Lipinski definition) is 2. The lowest BCUT2D eigenvalue weighted by atomic mass is 10.2. The van der Waals surface area contributed by atoms with Crippen LogP contribution in [0.3, 0.4) is 0 Å². The minimum Gasteiger partial charge on any atom is -0.493 e. The van der Waals surface area contributed by atoms with Crippen molar-refractivity contribution in [1.29, 1.82) is 0 Å². The van der Waals surface area contributed by atoms with Gasteiger partial charge in [0.2, 0.25) is 5.88 Å². The minimum atomic E-state index is -0.268. The normalized spacial score (nSPS) is 10.5. The second kappa shape index (κ2) is 12.7. The van der Waals surface area contributed by atoms with Crippen LogP contribution in [0.25, 0.3) is 0 Å². The standard InChI is InChI=1S/C25H28ClN3O4/c1-18-7-9-20(10-8-18)29-24(30)17-33-23-15-21(26)19(14-22(23)31-2)16-27-11-5-13-32-25-6-3-4-12-28-25/h3-4,6-10,12,14-15,27H,5,11,13,16-17H2,1-2H3,(H,29,30). The Bertz CT molecular complexity index is 1030. The highest BCUT2D eigenvalue weighted by Gasteiger charge is 2.12. The van der Waals surface area contributed by atoms with Crippen molar-refractivity contribution in [1.82, 2.24) is 10.3 Å². The molecule has 0 aliphatic carbocycles. The number of ether oxygens (including phenoxy) is 3. The number of rotatable bonds is 12. The molecule has 1 heterocycles. The van der Waals surface area contributed by atoms with Crippen molar-refractivity contribution >= 4 is 23.2 Å². The van der Waals surface area contributed by atoms with Crippen LogP contribution in [-0.4, -0.2) is 37.8 Å². The fraction of sp³-hybridized carbons (Fsp3) is 0.280. The van der Waals surface area contributed by atoms with E-state index in [2.05, 4.69) is 15.6 Å². The number of aryl methyl sites for hydroxylation is 1. The fourth-order valence-electron chi connectivity index (χ4n) is 2.99. The SMILES string of the molecule is COc1cc(CNCCCOc2ccccn2)c(Cl)cc1OCC(=O)Nc1ccc(C)cc1. The van der Waals surface area contributed by atoms with E-state index in [1.807, 2.05) is 55.5 Å². The van der Waals surface area contributed by atoms with Gasteiger partial charge in [-0.2, -0.15) is 0 Å². The molecule has 8 heteroatoms. The quantitative estimate of drug-likeness (QED) is 0.376. The van der Waals surface area contributed by atoms with Crippen molar-refractivity contribution in [3.8, 4) is 17.4 Å². The molecular weight excluding hydrogens is 442 g/mol. The molecule has 3 aromatic rings. The number of pyridine rings is 1. The Morgan fingerprint density at radius 1 is 1.06 bits per heavy atom. The lowest BCUT2D eigenvalue weighted by Crippen LogP contribution is -2.20. The van der Waals surface area contributed by atoms with Crippen LogP contribution in [0.15, 0.2) is 60.8 Å². The molecule has 2 aromatic carbocycles. The van der Waals surface area contributed by atoms with Gasteiger partial charge in [0.1, 0.15) is 0 Å².